The highest BCUT2D eigenvalue weighted by molar-refractivity contribution is 7.93. The fraction of sp³-hybridized carbons (Fsp3) is 0.115. The van der Waals surface area contributed by atoms with Crippen LogP contribution in [0.25, 0.3) is 27.7 Å². The largest absolute Gasteiger partial charge is 0.495 e. The molecular formula is C26H20F2N4O4S2. The van der Waals surface area contributed by atoms with Gasteiger partial charge in [0.15, 0.2) is 0 Å². The smallest absolute Gasteiger partial charge is 0.263 e. The Morgan fingerprint density at radius 1 is 0.947 bits per heavy atom. The van der Waals surface area contributed by atoms with Crippen LogP contribution < -0.4 is 15.0 Å². The highest BCUT2D eigenvalue weighted by Crippen LogP contribution is 2.34. The lowest BCUT2D eigenvalue weighted by Gasteiger charge is -2.17. The van der Waals surface area contributed by atoms with Crippen LogP contribution in [0.5, 0.6) is 5.75 Å². The number of nitrogens with zero attached hydrogens (tertiary/aromatic N) is 3. The van der Waals surface area contributed by atoms with Gasteiger partial charge in [-0.2, -0.15) is 0 Å². The Labute approximate surface area is 220 Å². The molecule has 0 aliphatic heterocycles. The molecule has 0 bridgehead atoms. The minimum atomic E-state index is -3.98. The average Bonchev–Trinajstić information content (AvgIpc) is 3.29. The SMILES string of the molecule is COc1cc(-c2ccc(F)c(C)c2)c(F)cc1-n1c(=O)ccc2cc(S(=O)(=O)Nc3nnc(C)s3)ccc21. The molecule has 0 saturated heterocycles. The zero-order chi connectivity index (χ0) is 27.2. The van der Waals surface area contributed by atoms with Crippen LogP contribution in [0, 0.1) is 25.5 Å². The van der Waals surface area contributed by atoms with Gasteiger partial charge < -0.3 is 4.74 Å². The van der Waals surface area contributed by atoms with E-state index in [9.17, 15) is 17.6 Å². The molecule has 0 amide bonds. The Kier molecular flexibility index (Phi) is 6.45. The lowest BCUT2D eigenvalue weighted by Crippen LogP contribution is -2.19. The molecule has 0 aliphatic rings. The van der Waals surface area contributed by atoms with Crippen molar-refractivity contribution >= 4 is 37.4 Å². The molecule has 2 aromatic heterocycles. The third-order valence-corrected chi connectivity index (χ3v) is 8.12. The van der Waals surface area contributed by atoms with Crippen molar-refractivity contribution in [2.45, 2.75) is 18.7 Å². The fourth-order valence-corrected chi connectivity index (χ4v) is 5.92. The first-order valence-electron chi connectivity index (χ1n) is 11.2. The lowest BCUT2D eigenvalue weighted by atomic mass is 10.0. The van der Waals surface area contributed by atoms with Crippen molar-refractivity contribution < 1.29 is 21.9 Å². The third kappa shape index (κ3) is 4.63. The van der Waals surface area contributed by atoms with Crippen LogP contribution in [0.2, 0.25) is 0 Å². The summed E-state index contributed by atoms with van der Waals surface area (Å²) in [6.07, 6.45) is 0. The molecule has 0 spiro atoms. The first-order chi connectivity index (χ1) is 18.1. The van der Waals surface area contributed by atoms with Gasteiger partial charge in [0.25, 0.3) is 15.6 Å². The summed E-state index contributed by atoms with van der Waals surface area (Å²) in [7, 11) is -2.60. The number of rotatable bonds is 6. The molecular weight excluding hydrogens is 534 g/mol. The number of fused-ring (bicyclic) bond motifs is 1. The van der Waals surface area contributed by atoms with Gasteiger partial charge in [-0.05, 0) is 67.4 Å². The minimum absolute atomic E-state index is 0.0526. The number of hydrogen-bond acceptors (Lipinski definition) is 7. The summed E-state index contributed by atoms with van der Waals surface area (Å²) in [6.45, 7) is 3.28. The van der Waals surface area contributed by atoms with E-state index in [1.54, 1.807) is 13.8 Å². The van der Waals surface area contributed by atoms with Crippen molar-refractivity contribution in [1.29, 1.82) is 0 Å². The van der Waals surface area contributed by atoms with E-state index in [1.807, 2.05) is 0 Å². The fourth-order valence-electron chi connectivity index (χ4n) is 4.07. The van der Waals surface area contributed by atoms with Gasteiger partial charge in [0.05, 0.1) is 23.2 Å². The Hall–Kier alpha value is -4.16. The molecule has 5 rings (SSSR count). The summed E-state index contributed by atoms with van der Waals surface area (Å²) in [5.41, 5.74) is 0.973. The Morgan fingerprint density at radius 3 is 2.42 bits per heavy atom. The van der Waals surface area contributed by atoms with Crippen molar-refractivity contribution in [3.8, 4) is 22.6 Å². The van der Waals surface area contributed by atoms with Gasteiger partial charge in [0, 0.05) is 23.1 Å². The molecule has 12 heteroatoms. The summed E-state index contributed by atoms with van der Waals surface area (Å²) in [5.74, 6) is -0.857. The number of sulfonamides is 1. The first kappa shape index (κ1) is 25.5. The number of methoxy groups -OCH3 is 1. The van der Waals surface area contributed by atoms with Gasteiger partial charge in [-0.3, -0.25) is 14.1 Å². The van der Waals surface area contributed by atoms with E-state index in [-0.39, 0.29) is 27.0 Å². The second kappa shape index (κ2) is 9.62. The number of hydrogen-bond donors (Lipinski definition) is 1. The summed E-state index contributed by atoms with van der Waals surface area (Å²) < 4.78 is 64.1. The molecule has 5 aromatic rings. The molecule has 1 N–H and O–H groups in total. The molecule has 38 heavy (non-hydrogen) atoms. The van der Waals surface area contributed by atoms with E-state index in [0.29, 0.717) is 27.0 Å². The summed E-state index contributed by atoms with van der Waals surface area (Å²) >= 11 is 1.09. The van der Waals surface area contributed by atoms with E-state index >= 15 is 4.39 Å². The molecule has 194 valence electrons. The maximum Gasteiger partial charge on any atom is 0.263 e. The van der Waals surface area contributed by atoms with Gasteiger partial charge in [0.1, 0.15) is 22.4 Å². The molecule has 3 aromatic carbocycles. The van der Waals surface area contributed by atoms with Crippen molar-refractivity contribution in [1.82, 2.24) is 14.8 Å². The van der Waals surface area contributed by atoms with Crippen molar-refractivity contribution in [3.05, 3.63) is 93.2 Å². The van der Waals surface area contributed by atoms with Crippen LogP contribution in [0.4, 0.5) is 13.9 Å². The second-order valence-corrected chi connectivity index (χ2v) is 11.3. The standard InChI is InChI=1S/C26H20F2N4O4S2/c1-14-10-16(4-7-20(14)27)19-12-24(36-3)23(13-21(19)28)32-22-8-6-18(11-17(22)5-9-25(32)33)38(34,35)31-26-30-29-15(2)37-26/h4-13H,1-3H3,(H,30,31). The number of aryl methyl sites for hydroxylation is 2. The topological polar surface area (TPSA) is 103 Å². The van der Waals surface area contributed by atoms with E-state index in [0.717, 1.165) is 17.4 Å². The predicted octanol–water partition coefficient (Wildman–Crippen LogP) is 5.21. The molecule has 0 fully saturated rings. The molecule has 0 saturated carbocycles. The van der Waals surface area contributed by atoms with Crippen LogP contribution in [0.3, 0.4) is 0 Å². The van der Waals surface area contributed by atoms with E-state index < -0.39 is 27.2 Å². The predicted molar refractivity (Wildman–Crippen MR) is 142 cm³/mol. The van der Waals surface area contributed by atoms with Crippen LogP contribution >= 0.6 is 11.3 Å². The molecule has 0 atom stereocenters. The molecule has 0 radical (unpaired) electrons. The Morgan fingerprint density at radius 2 is 1.74 bits per heavy atom. The number of nitrogens with one attached hydrogen (secondary N) is 1. The second-order valence-electron chi connectivity index (χ2n) is 8.43. The highest BCUT2D eigenvalue weighted by atomic mass is 32.2. The number of pyridine rings is 1. The number of halogens is 2. The molecule has 2 heterocycles. The maximum atomic E-state index is 15.4. The molecule has 0 unspecified atom stereocenters. The quantitative estimate of drug-likeness (QED) is 0.309. The van der Waals surface area contributed by atoms with Gasteiger partial charge in [-0.25, -0.2) is 17.2 Å². The van der Waals surface area contributed by atoms with Crippen LogP contribution in [-0.2, 0) is 10.0 Å². The minimum Gasteiger partial charge on any atom is -0.495 e. The van der Waals surface area contributed by atoms with Crippen molar-refractivity contribution in [2.75, 3.05) is 11.8 Å². The highest BCUT2D eigenvalue weighted by Gasteiger charge is 2.20. The number of ether oxygens (including phenoxy) is 1. The zero-order valence-corrected chi connectivity index (χ0v) is 22.0. The van der Waals surface area contributed by atoms with Crippen LogP contribution in [0.15, 0.2) is 70.4 Å². The van der Waals surface area contributed by atoms with Crippen LogP contribution in [0.1, 0.15) is 10.6 Å². The summed E-state index contributed by atoms with van der Waals surface area (Å²) in [6, 6.07) is 13.8. The molecule has 8 nitrogen and oxygen atoms in total. The maximum absolute atomic E-state index is 15.4. The normalized spacial score (nSPS) is 11.6. The number of aromatic nitrogens is 3. The van der Waals surface area contributed by atoms with E-state index in [2.05, 4.69) is 14.9 Å². The summed E-state index contributed by atoms with van der Waals surface area (Å²) in [5, 5.41) is 8.74. The number of benzene rings is 3. The van der Waals surface area contributed by atoms with Crippen molar-refractivity contribution in [3.63, 3.8) is 0 Å². The first-order valence-corrected chi connectivity index (χ1v) is 13.5. The average molecular weight is 555 g/mol. The van der Waals surface area contributed by atoms with Gasteiger partial charge in [-0.1, -0.05) is 17.4 Å². The number of anilines is 1. The van der Waals surface area contributed by atoms with E-state index in [1.165, 1.54) is 66.3 Å². The van der Waals surface area contributed by atoms with Gasteiger partial charge >= 0.3 is 0 Å². The van der Waals surface area contributed by atoms with E-state index in [4.69, 9.17) is 4.74 Å². The molecule has 0 aliphatic carbocycles. The zero-order valence-electron chi connectivity index (χ0n) is 20.3. The van der Waals surface area contributed by atoms with Gasteiger partial charge in [0.2, 0.25) is 5.13 Å². The van der Waals surface area contributed by atoms with Gasteiger partial charge in [-0.15, -0.1) is 10.2 Å². The third-order valence-electron chi connectivity index (χ3n) is 5.90. The summed E-state index contributed by atoms with van der Waals surface area (Å²) in [4.78, 5) is 12.9. The van der Waals surface area contributed by atoms with Crippen molar-refractivity contribution in [2.24, 2.45) is 0 Å². The lowest BCUT2D eigenvalue weighted by molar-refractivity contribution is 0.412. The Balaban J connectivity index is 1.63. The Bertz CT molecular complexity index is 1880. The monoisotopic (exact) mass is 554 g/mol. The van der Waals surface area contributed by atoms with Crippen LogP contribution in [-0.4, -0.2) is 30.3 Å².